The Bertz CT molecular complexity index is 456. The van der Waals surface area contributed by atoms with Crippen LogP contribution in [0.4, 0.5) is 0 Å². The van der Waals surface area contributed by atoms with Crippen LogP contribution in [0.1, 0.15) is 44.6 Å². The highest BCUT2D eigenvalue weighted by atomic mass is 16.5. The maximum atomic E-state index is 11.9. The molecule has 0 spiro atoms. The van der Waals surface area contributed by atoms with Gasteiger partial charge in [-0.2, -0.15) is 0 Å². The van der Waals surface area contributed by atoms with Gasteiger partial charge in [-0.1, -0.05) is 25.0 Å². The van der Waals surface area contributed by atoms with Crippen molar-refractivity contribution in [3.63, 3.8) is 0 Å². The van der Waals surface area contributed by atoms with Crippen LogP contribution in [0.25, 0.3) is 0 Å². The number of aryl methyl sites for hydroxylation is 1. The van der Waals surface area contributed by atoms with Crippen LogP contribution in [0, 0.1) is 5.92 Å². The topological polar surface area (TPSA) is 43.4 Å². The van der Waals surface area contributed by atoms with Crippen LogP contribution in [-0.2, 0) is 16.0 Å². The normalized spacial score (nSPS) is 15.2. The lowest BCUT2D eigenvalue weighted by Gasteiger charge is -2.10. The second-order valence-corrected chi connectivity index (χ2v) is 5.58. The van der Waals surface area contributed by atoms with Crippen LogP contribution in [0.3, 0.4) is 0 Å². The third-order valence-electron chi connectivity index (χ3n) is 3.88. The summed E-state index contributed by atoms with van der Waals surface area (Å²) in [7, 11) is 0. The lowest BCUT2D eigenvalue weighted by molar-refractivity contribution is -0.124. The smallest absolute Gasteiger partial charge is 0.173 e. The zero-order valence-corrected chi connectivity index (χ0v) is 12.1. The molecule has 1 fully saturated rings. The number of hydrogen-bond donors (Lipinski definition) is 0. The number of ketones is 2. The van der Waals surface area contributed by atoms with Gasteiger partial charge in [0.1, 0.15) is 18.1 Å². The molecule has 0 atom stereocenters. The SMILES string of the molecule is CC(=O)CCc1ccc(OCC(=O)C2CCCC2)cc1. The summed E-state index contributed by atoms with van der Waals surface area (Å²) in [5.74, 6) is 1.36. The molecule has 0 N–H and O–H groups in total. The molecule has 0 aromatic heterocycles. The van der Waals surface area contributed by atoms with E-state index in [0.717, 1.165) is 30.6 Å². The van der Waals surface area contributed by atoms with Crippen LogP contribution >= 0.6 is 0 Å². The third-order valence-corrected chi connectivity index (χ3v) is 3.88. The van der Waals surface area contributed by atoms with E-state index in [4.69, 9.17) is 4.74 Å². The van der Waals surface area contributed by atoms with Crippen molar-refractivity contribution in [3.05, 3.63) is 29.8 Å². The fraction of sp³-hybridized carbons (Fsp3) is 0.529. The first-order valence-electron chi connectivity index (χ1n) is 7.39. The number of benzene rings is 1. The van der Waals surface area contributed by atoms with E-state index >= 15 is 0 Å². The molecule has 0 saturated heterocycles. The zero-order valence-electron chi connectivity index (χ0n) is 12.1. The van der Waals surface area contributed by atoms with Crippen LogP contribution < -0.4 is 4.74 Å². The van der Waals surface area contributed by atoms with Crippen molar-refractivity contribution in [2.24, 2.45) is 5.92 Å². The molecule has 1 aliphatic carbocycles. The van der Waals surface area contributed by atoms with Gasteiger partial charge >= 0.3 is 0 Å². The molecule has 1 aromatic rings. The first-order chi connectivity index (χ1) is 9.65. The molecule has 20 heavy (non-hydrogen) atoms. The molecule has 0 unspecified atom stereocenters. The Morgan fingerprint density at radius 2 is 1.80 bits per heavy atom. The van der Waals surface area contributed by atoms with Crippen molar-refractivity contribution >= 4 is 11.6 Å². The van der Waals surface area contributed by atoms with Crippen molar-refractivity contribution in [2.45, 2.75) is 45.4 Å². The Labute approximate surface area is 120 Å². The van der Waals surface area contributed by atoms with Crippen molar-refractivity contribution in [1.82, 2.24) is 0 Å². The van der Waals surface area contributed by atoms with Crippen molar-refractivity contribution in [3.8, 4) is 5.75 Å². The minimum Gasteiger partial charge on any atom is -0.486 e. The summed E-state index contributed by atoms with van der Waals surface area (Å²) in [5.41, 5.74) is 1.12. The molecule has 3 nitrogen and oxygen atoms in total. The van der Waals surface area contributed by atoms with Crippen LogP contribution in [0.2, 0.25) is 0 Å². The average Bonchev–Trinajstić information content (AvgIpc) is 2.98. The van der Waals surface area contributed by atoms with E-state index in [0.29, 0.717) is 6.42 Å². The highest BCUT2D eigenvalue weighted by molar-refractivity contribution is 5.82. The van der Waals surface area contributed by atoms with E-state index in [2.05, 4.69) is 0 Å². The van der Waals surface area contributed by atoms with Gasteiger partial charge in [0.2, 0.25) is 0 Å². The van der Waals surface area contributed by atoms with E-state index in [1.165, 1.54) is 12.8 Å². The Morgan fingerprint density at radius 3 is 2.40 bits per heavy atom. The lowest BCUT2D eigenvalue weighted by Crippen LogP contribution is -2.19. The predicted molar refractivity (Wildman–Crippen MR) is 77.9 cm³/mol. The lowest BCUT2D eigenvalue weighted by atomic mass is 10.0. The first-order valence-corrected chi connectivity index (χ1v) is 7.39. The highest BCUT2D eigenvalue weighted by Gasteiger charge is 2.22. The number of carbonyl (C=O) groups is 2. The molecular weight excluding hydrogens is 252 g/mol. The van der Waals surface area contributed by atoms with Gasteiger partial charge < -0.3 is 9.53 Å². The van der Waals surface area contributed by atoms with Crippen molar-refractivity contribution in [1.29, 1.82) is 0 Å². The minimum absolute atomic E-state index is 0.178. The van der Waals surface area contributed by atoms with Crippen LogP contribution in [0.15, 0.2) is 24.3 Å². The molecule has 0 amide bonds. The molecular formula is C17H22O3. The van der Waals surface area contributed by atoms with Gasteiger partial charge in [-0.05, 0) is 43.9 Å². The highest BCUT2D eigenvalue weighted by Crippen LogP contribution is 2.25. The summed E-state index contributed by atoms with van der Waals surface area (Å²) >= 11 is 0. The molecule has 1 aromatic carbocycles. The number of rotatable bonds is 7. The van der Waals surface area contributed by atoms with E-state index in [-0.39, 0.29) is 24.1 Å². The second kappa shape index (κ2) is 7.22. The predicted octanol–water partition coefficient (Wildman–Crippen LogP) is 3.35. The van der Waals surface area contributed by atoms with E-state index in [1.54, 1.807) is 6.92 Å². The molecule has 2 rings (SSSR count). The van der Waals surface area contributed by atoms with Gasteiger partial charge in [-0.3, -0.25) is 4.79 Å². The van der Waals surface area contributed by atoms with E-state index in [1.807, 2.05) is 24.3 Å². The average molecular weight is 274 g/mol. The molecule has 1 saturated carbocycles. The maximum Gasteiger partial charge on any atom is 0.173 e. The largest absolute Gasteiger partial charge is 0.486 e. The Balaban J connectivity index is 1.78. The second-order valence-electron chi connectivity index (χ2n) is 5.58. The van der Waals surface area contributed by atoms with Crippen LogP contribution in [-0.4, -0.2) is 18.2 Å². The quantitative estimate of drug-likeness (QED) is 0.766. The van der Waals surface area contributed by atoms with Gasteiger partial charge in [0, 0.05) is 12.3 Å². The molecule has 0 aliphatic heterocycles. The minimum atomic E-state index is 0.178. The Hall–Kier alpha value is -1.64. The number of ether oxygens (including phenoxy) is 1. The zero-order chi connectivity index (χ0) is 14.4. The molecule has 0 radical (unpaired) electrons. The molecule has 0 bridgehead atoms. The third kappa shape index (κ3) is 4.48. The maximum absolute atomic E-state index is 11.9. The summed E-state index contributed by atoms with van der Waals surface area (Å²) in [6.07, 6.45) is 5.71. The van der Waals surface area contributed by atoms with Crippen LogP contribution in [0.5, 0.6) is 5.75 Å². The Morgan fingerprint density at radius 1 is 1.15 bits per heavy atom. The fourth-order valence-electron chi connectivity index (χ4n) is 2.59. The fourth-order valence-corrected chi connectivity index (χ4v) is 2.59. The van der Waals surface area contributed by atoms with Gasteiger partial charge in [-0.15, -0.1) is 0 Å². The number of Topliss-reactive ketones (excluding diaryl/α,β-unsaturated/α-hetero) is 2. The number of hydrogen-bond acceptors (Lipinski definition) is 3. The van der Waals surface area contributed by atoms with E-state index in [9.17, 15) is 9.59 Å². The molecule has 1 aliphatic rings. The number of carbonyl (C=O) groups excluding carboxylic acids is 2. The summed E-state index contributed by atoms with van der Waals surface area (Å²) < 4.78 is 5.54. The van der Waals surface area contributed by atoms with Gasteiger partial charge in [0.05, 0.1) is 0 Å². The monoisotopic (exact) mass is 274 g/mol. The molecule has 108 valence electrons. The summed E-state index contributed by atoms with van der Waals surface area (Å²) in [6, 6.07) is 7.66. The van der Waals surface area contributed by atoms with Gasteiger partial charge in [0.15, 0.2) is 5.78 Å². The summed E-state index contributed by atoms with van der Waals surface area (Å²) in [5, 5.41) is 0. The first kappa shape index (κ1) is 14.8. The summed E-state index contributed by atoms with van der Waals surface area (Å²) in [6.45, 7) is 1.78. The van der Waals surface area contributed by atoms with Crippen molar-refractivity contribution in [2.75, 3.05) is 6.61 Å². The molecule has 3 heteroatoms. The Kier molecular flexibility index (Phi) is 5.33. The van der Waals surface area contributed by atoms with Gasteiger partial charge in [0.25, 0.3) is 0 Å². The van der Waals surface area contributed by atoms with E-state index < -0.39 is 0 Å². The summed E-state index contributed by atoms with van der Waals surface area (Å²) in [4.78, 5) is 22.8. The van der Waals surface area contributed by atoms with Crippen molar-refractivity contribution < 1.29 is 14.3 Å². The molecule has 0 heterocycles. The van der Waals surface area contributed by atoms with Gasteiger partial charge in [-0.25, -0.2) is 0 Å². The standard InChI is InChI=1S/C17H22O3/c1-13(18)6-7-14-8-10-16(11-9-14)20-12-17(19)15-4-2-3-5-15/h8-11,15H,2-7,12H2,1H3.